The molecule has 0 bridgehead atoms. The second kappa shape index (κ2) is 8.17. The summed E-state index contributed by atoms with van der Waals surface area (Å²) in [6.45, 7) is 7.62. The Morgan fingerprint density at radius 2 is 1.72 bits per heavy atom. The fourth-order valence-electron chi connectivity index (χ4n) is 3.27. The number of anilines is 1. The largest absolute Gasteiger partial charge is 0.370 e. The van der Waals surface area contributed by atoms with Crippen LogP contribution in [0.1, 0.15) is 22.8 Å². The molecule has 1 aliphatic rings. The second-order valence-corrected chi connectivity index (χ2v) is 6.62. The summed E-state index contributed by atoms with van der Waals surface area (Å²) in [4.78, 5) is 19.4. The fraction of sp³-hybridized carbons (Fsp3) is 0.381. The highest BCUT2D eigenvalue weighted by molar-refractivity contribution is 5.95. The minimum absolute atomic E-state index is 0.144. The number of carbonyl (C=O) groups excluding carboxylic acids is 1. The lowest BCUT2D eigenvalue weighted by Gasteiger charge is -2.34. The average molecular weight is 337 g/mol. The number of likely N-dealkylation sites (N-methyl/N-ethyl adjacent to an activating group) is 1. The molecule has 1 aliphatic heterocycles. The van der Waals surface area contributed by atoms with E-state index in [1.807, 2.05) is 29.2 Å². The molecule has 0 radical (unpaired) electrons. The Hall–Kier alpha value is -2.33. The molecule has 1 saturated heterocycles. The molecule has 0 N–H and O–H groups in total. The van der Waals surface area contributed by atoms with Gasteiger partial charge in [-0.3, -0.25) is 4.79 Å². The monoisotopic (exact) mass is 337 g/mol. The Bertz CT molecular complexity index is 693. The molecule has 2 aromatic carbocycles. The van der Waals surface area contributed by atoms with Gasteiger partial charge in [0.1, 0.15) is 0 Å². The standard InChI is InChI=1S/C21H27N3O/c1-3-23-12-14-24(15-13-23)21(25)19-10-7-11-20(16-19)22(2)17-18-8-5-4-6-9-18/h4-11,16H,3,12-15,17H2,1-2H3. The van der Waals surface area contributed by atoms with E-state index in [0.717, 1.165) is 50.5 Å². The van der Waals surface area contributed by atoms with Crippen molar-refractivity contribution in [2.75, 3.05) is 44.7 Å². The first-order valence-corrected chi connectivity index (χ1v) is 9.04. The molecule has 2 aromatic rings. The van der Waals surface area contributed by atoms with Gasteiger partial charge in [-0.1, -0.05) is 43.3 Å². The molecule has 1 fully saturated rings. The van der Waals surface area contributed by atoms with Crippen LogP contribution in [-0.2, 0) is 6.54 Å². The summed E-state index contributed by atoms with van der Waals surface area (Å²) in [6, 6.07) is 18.4. The molecule has 132 valence electrons. The van der Waals surface area contributed by atoms with Crippen LogP contribution in [0.3, 0.4) is 0 Å². The molecular formula is C21H27N3O. The minimum atomic E-state index is 0.144. The van der Waals surface area contributed by atoms with Gasteiger partial charge in [0.05, 0.1) is 0 Å². The molecule has 0 atom stereocenters. The molecule has 4 nitrogen and oxygen atoms in total. The number of rotatable bonds is 5. The predicted octanol–water partition coefficient (Wildman–Crippen LogP) is 3.10. The van der Waals surface area contributed by atoms with Gasteiger partial charge < -0.3 is 14.7 Å². The van der Waals surface area contributed by atoms with E-state index in [1.54, 1.807) is 0 Å². The number of benzene rings is 2. The highest BCUT2D eigenvalue weighted by Crippen LogP contribution is 2.19. The number of amides is 1. The molecule has 0 aliphatic carbocycles. The first-order valence-electron chi connectivity index (χ1n) is 9.04. The summed E-state index contributed by atoms with van der Waals surface area (Å²) < 4.78 is 0. The van der Waals surface area contributed by atoms with E-state index in [-0.39, 0.29) is 5.91 Å². The van der Waals surface area contributed by atoms with Gasteiger partial charge in [-0.2, -0.15) is 0 Å². The zero-order valence-electron chi connectivity index (χ0n) is 15.2. The van der Waals surface area contributed by atoms with E-state index in [2.05, 4.69) is 54.1 Å². The summed E-state index contributed by atoms with van der Waals surface area (Å²) in [5, 5.41) is 0. The van der Waals surface area contributed by atoms with Crippen molar-refractivity contribution < 1.29 is 4.79 Å². The van der Waals surface area contributed by atoms with Crippen LogP contribution >= 0.6 is 0 Å². The summed E-state index contributed by atoms with van der Waals surface area (Å²) in [5.41, 5.74) is 3.11. The first-order chi connectivity index (χ1) is 12.2. The van der Waals surface area contributed by atoms with Gasteiger partial charge in [0.2, 0.25) is 0 Å². The quantitative estimate of drug-likeness (QED) is 0.839. The first kappa shape index (κ1) is 17.5. The molecule has 3 rings (SSSR count). The van der Waals surface area contributed by atoms with E-state index < -0.39 is 0 Å². The molecule has 1 heterocycles. The van der Waals surface area contributed by atoms with Crippen molar-refractivity contribution in [3.63, 3.8) is 0 Å². The third kappa shape index (κ3) is 4.40. The molecule has 0 spiro atoms. The van der Waals surface area contributed by atoms with Gasteiger partial charge in [0, 0.05) is 51.0 Å². The van der Waals surface area contributed by atoms with E-state index in [0.29, 0.717) is 0 Å². The topological polar surface area (TPSA) is 26.8 Å². The fourth-order valence-corrected chi connectivity index (χ4v) is 3.27. The van der Waals surface area contributed by atoms with Gasteiger partial charge >= 0.3 is 0 Å². The number of piperazine rings is 1. The lowest BCUT2D eigenvalue weighted by molar-refractivity contribution is 0.0643. The minimum Gasteiger partial charge on any atom is -0.370 e. The van der Waals surface area contributed by atoms with Gasteiger partial charge in [0.15, 0.2) is 0 Å². The Kier molecular flexibility index (Phi) is 5.71. The molecule has 0 saturated carbocycles. The highest BCUT2D eigenvalue weighted by atomic mass is 16.2. The van der Waals surface area contributed by atoms with E-state index in [1.165, 1.54) is 5.56 Å². The zero-order valence-corrected chi connectivity index (χ0v) is 15.2. The molecular weight excluding hydrogens is 310 g/mol. The van der Waals surface area contributed by atoms with Crippen molar-refractivity contribution in [2.45, 2.75) is 13.5 Å². The Morgan fingerprint density at radius 1 is 1.00 bits per heavy atom. The summed E-state index contributed by atoms with van der Waals surface area (Å²) in [5.74, 6) is 0.144. The van der Waals surface area contributed by atoms with Crippen molar-refractivity contribution in [1.82, 2.24) is 9.80 Å². The summed E-state index contributed by atoms with van der Waals surface area (Å²) >= 11 is 0. The van der Waals surface area contributed by atoms with Gasteiger partial charge in [0.25, 0.3) is 5.91 Å². The van der Waals surface area contributed by atoms with E-state index in [4.69, 9.17) is 0 Å². The average Bonchev–Trinajstić information content (AvgIpc) is 2.68. The number of nitrogens with zero attached hydrogens (tertiary/aromatic N) is 3. The van der Waals surface area contributed by atoms with Crippen LogP contribution in [0.2, 0.25) is 0 Å². The zero-order chi connectivity index (χ0) is 17.6. The lowest BCUT2D eigenvalue weighted by Crippen LogP contribution is -2.48. The maximum absolute atomic E-state index is 12.8. The van der Waals surface area contributed by atoms with Crippen LogP contribution in [0, 0.1) is 0 Å². The van der Waals surface area contributed by atoms with Crippen molar-refractivity contribution >= 4 is 11.6 Å². The van der Waals surface area contributed by atoms with E-state index >= 15 is 0 Å². The van der Waals surface area contributed by atoms with Gasteiger partial charge in [-0.15, -0.1) is 0 Å². The van der Waals surface area contributed by atoms with Crippen molar-refractivity contribution in [2.24, 2.45) is 0 Å². The molecule has 0 aromatic heterocycles. The normalized spacial score (nSPS) is 15.2. The highest BCUT2D eigenvalue weighted by Gasteiger charge is 2.21. The molecule has 0 unspecified atom stereocenters. The number of hydrogen-bond acceptors (Lipinski definition) is 3. The number of carbonyl (C=O) groups is 1. The van der Waals surface area contributed by atoms with Gasteiger partial charge in [-0.05, 0) is 30.3 Å². The van der Waals surface area contributed by atoms with Gasteiger partial charge in [-0.25, -0.2) is 0 Å². The molecule has 25 heavy (non-hydrogen) atoms. The van der Waals surface area contributed by atoms with E-state index in [9.17, 15) is 4.79 Å². The lowest BCUT2D eigenvalue weighted by atomic mass is 10.1. The van der Waals surface area contributed by atoms with Crippen molar-refractivity contribution in [1.29, 1.82) is 0 Å². The second-order valence-electron chi connectivity index (χ2n) is 6.62. The summed E-state index contributed by atoms with van der Waals surface area (Å²) in [7, 11) is 2.07. The SMILES string of the molecule is CCN1CCN(C(=O)c2cccc(N(C)Cc3ccccc3)c2)CC1. The van der Waals surface area contributed by atoms with Crippen LogP contribution in [0.5, 0.6) is 0 Å². The Morgan fingerprint density at radius 3 is 2.40 bits per heavy atom. The molecule has 1 amide bonds. The third-order valence-electron chi connectivity index (χ3n) is 4.90. The maximum Gasteiger partial charge on any atom is 0.254 e. The smallest absolute Gasteiger partial charge is 0.254 e. The van der Waals surface area contributed by atoms with Crippen LogP contribution in [0.25, 0.3) is 0 Å². The predicted molar refractivity (Wildman–Crippen MR) is 103 cm³/mol. The maximum atomic E-state index is 12.8. The number of hydrogen-bond donors (Lipinski definition) is 0. The third-order valence-corrected chi connectivity index (χ3v) is 4.90. The van der Waals surface area contributed by atoms with Crippen molar-refractivity contribution in [3.05, 3.63) is 65.7 Å². The van der Waals surface area contributed by atoms with Crippen molar-refractivity contribution in [3.8, 4) is 0 Å². The van der Waals surface area contributed by atoms with Crippen LogP contribution in [0.4, 0.5) is 5.69 Å². The Labute approximate surface area is 150 Å². The van der Waals surface area contributed by atoms with Crippen LogP contribution in [0.15, 0.2) is 54.6 Å². The molecule has 4 heteroatoms. The van der Waals surface area contributed by atoms with Crippen LogP contribution in [-0.4, -0.2) is 55.5 Å². The van der Waals surface area contributed by atoms with Crippen LogP contribution < -0.4 is 4.90 Å². The Balaban J connectivity index is 1.67. The summed E-state index contributed by atoms with van der Waals surface area (Å²) in [6.07, 6.45) is 0.